The second kappa shape index (κ2) is 4.39. The van der Waals surface area contributed by atoms with E-state index in [1.165, 1.54) is 0 Å². The van der Waals surface area contributed by atoms with Crippen LogP contribution in [0.5, 0.6) is 5.88 Å². The Bertz CT molecular complexity index is 416. The molecule has 84 valence electrons. The Balaban J connectivity index is 3.10. The number of aromatic amines is 1. The van der Waals surface area contributed by atoms with Gasteiger partial charge in [-0.3, -0.25) is 9.78 Å². The average molecular weight is 334 g/mol. The number of pyridine rings is 1. The molecule has 4 nitrogen and oxygen atoms in total. The van der Waals surface area contributed by atoms with E-state index in [2.05, 4.69) is 4.74 Å². The highest BCUT2D eigenvalue weighted by Gasteiger charge is 2.31. The monoisotopic (exact) mass is 334 g/mol. The van der Waals surface area contributed by atoms with Gasteiger partial charge in [-0.15, -0.1) is 13.2 Å². The molecule has 0 aliphatic heterocycles. The lowest BCUT2D eigenvalue weighted by molar-refractivity contribution is -0.276. The lowest BCUT2D eigenvalue weighted by atomic mass is 10.3. The maximum atomic E-state index is 11.8. The predicted octanol–water partition coefficient (Wildman–Crippen LogP) is 1.34. The summed E-state index contributed by atoms with van der Waals surface area (Å²) in [4.78, 5) is 13.1. The summed E-state index contributed by atoms with van der Waals surface area (Å²) in [5, 5.41) is 0. The third-order valence-corrected chi connectivity index (χ3v) is 2.45. The van der Waals surface area contributed by atoms with Crippen LogP contribution < -0.4 is 16.0 Å². The summed E-state index contributed by atoms with van der Waals surface area (Å²) in [5.74, 6) is -0.644. The Kier molecular flexibility index (Phi) is 3.60. The molecule has 1 aromatic heterocycles. The lowest BCUT2D eigenvalue weighted by Crippen LogP contribution is -2.23. The molecule has 0 aromatic carbocycles. The van der Waals surface area contributed by atoms with E-state index in [0.29, 0.717) is 3.57 Å². The van der Waals surface area contributed by atoms with E-state index in [4.69, 9.17) is 5.73 Å². The van der Waals surface area contributed by atoms with Crippen molar-refractivity contribution in [2.45, 2.75) is 12.9 Å². The molecule has 0 unspecified atom stereocenters. The Morgan fingerprint density at radius 1 is 1.53 bits per heavy atom. The van der Waals surface area contributed by atoms with E-state index in [-0.39, 0.29) is 12.1 Å². The first-order valence-corrected chi connectivity index (χ1v) is 4.79. The van der Waals surface area contributed by atoms with E-state index >= 15 is 0 Å². The molecule has 0 bridgehead atoms. The van der Waals surface area contributed by atoms with Gasteiger partial charge in [-0.25, -0.2) is 0 Å². The standard InChI is InChI=1S/C7H6F3IN2O2/c8-7(9,10)15-5-1-4(11)3(2-12)6(14)13-5/h1H,2,12H2,(H,13,14). The largest absolute Gasteiger partial charge is 0.574 e. The third-order valence-electron chi connectivity index (χ3n) is 1.49. The van der Waals surface area contributed by atoms with E-state index in [0.717, 1.165) is 6.07 Å². The molecule has 1 heterocycles. The van der Waals surface area contributed by atoms with E-state index in [1.54, 1.807) is 22.6 Å². The summed E-state index contributed by atoms with van der Waals surface area (Å²) in [6.07, 6.45) is -4.82. The Morgan fingerprint density at radius 3 is 2.53 bits per heavy atom. The number of rotatable bonds is 2. The zero-order valence-electron chi connectivity index (χ0n) is 7.19. The molecule has 8 heteroatoms. The van der Waals surface area contributed by atoms with Crippen LogP contribution in [0.1, 0.15) is 5.56 Å². The molecule has 0 atom stereocenters. The molecule has 0 fully saturated rings. The van der Waals surface area contributed by atoms with Crippen LogP contribution in [0.25, 0.3) is 0 Å². The summed E-state index contributed by atoms with van der Waals surface area (Å²) in [6.45, 7) is -0.0418. The van der Waals surface area contributed by atoms with Gasteiger partial charge in [0.1, 0.15) is 0 Å². The van der Waals surface area contributed by atoms with Crippen molar-refractivity contribution in [3.8, 4) is 5.88 Å². The molecule has 0 aliphatic carbocycles. The van der Waals surface area contributed by atoms with Gasteiger partial charge in [0.2, 0.25) is 5.88 Å². The van der Waals surface area contributed by atoms with Crippen molar-refractivity contribution in [2.24, 2.45) is 5.73 Å². The topological polar surface area (TPSA) is 68.1 Å². The molecule has 15 heavy (non-hydrogen) atoms. The minimum Gasteiger partial charge on any atom is -0.390 e. The first-order valence-electron chi connectivity index (χ1n) is 3.71. The van der Waals surface area contributed by atoms with Crippen LogP contribution in [0.2, 0.25) is 0 Å². The van der Waals surface area contributed by atoms with Gasteiger partial charge in [-0.1, -0.05) is 0 Å². The van der Waals surface area contributed by atoms with Gasteiger partial charge < -0.3 is 10.5 Å². The number of aromatic nitrogens is 1. The van der Waals surface area contributed by atoms with Crippen molar-refractivity contribution < 1.29 is 17.9 Å². The van der Waals surface area contributed by atoms with Gasteiger partial charge in [0.25, 0.3) is 5.56 Å². The van der Waals surface area contributed by atoms with Crippen molar-refractivity contribution in [1.29, 1.82) is 0 Å². The summed E-state index contributed by atoms with van der Waals surface area (Å²) in [5.41, 5.74) is 4.79. The van der Waals surface area contributed by atoms with Crippen LogP contribution in [0.3, 0.4) is 0 Å². The minimum atomic E-state index is -4.82. The fraction of sp³-hybridized carbons (Fsp3) is 0.286. The minimum absolute atomic E-state index is 0.0418. The molecule has 0 saturated carbocycles. The smallest absolute Gasteiger partial charge is 0.390 e. The Labute approximate surface area is 95.8 Å². The average Bonchev–Trinajstić information content (AvgIpc) is 1.99. The van der Waals surface area contributed by atoms with Crippen LogP contribution in [-0.2, 0) is 6.54 Å². The molecule has 3 N–H and O–H groups in total. The molecular weight excluding hydrogens is 328 g/mol. The fourth-order valence-corrected chi connectivity index (χ4v) is 1.65. The normalized spacial score (nSPS) is 11.5. The van der Waals surface area contributed by atoms with Crippen LogP contribution in [-0.4, -0.2) is 11.3 Å². The molecule has 0 radical (unpaired) electrons. The molecule has 0 aliphatic rings. The van der Waals surface area contributed by atoms with E-state index in [1.807, 2.05) is 4.98 Å². The lowest BCUT2D eigenvalue weighted by Gasteiger charge is -2.09. The number of hydrogen-bond donors (Lipinski definition) is 2. The van der Waals surface area contributed by atoms with E-state index < -0.39 is 17.8 Å². The van der Waals surface area contributed by atoms with Crippen molar-refractivity contribution >= 4 is 22.6 Å². The third kappa shape index (κ3) is 3.38. The Morgan fingerprint density at radius 2 is 2.13 bits per heavy atom. The van der Waals surface area contributed by atoms with Crippen LogP contribution in [0.4, 0.5) is 13.2 Å². The maximum Gasteiger partial charge on any atom is 0.574 e. The fourth-order valence-electron chi connectivity index (χ4n) is 0.904. The van der Waals surface area contributed by atoms with Gasteiger partial charge in [0.15, 0.2) is 0 Å². The quantitative estimate of drug-likeness (QED) is 0.802. The number of hydrogen-bond acceptors (Lipinski definition) is 3. The molecule has 1 aromatic rings. The molecule has 0 saturated heterocycles. The van der Waals surface area contributed by atoms with Crippen molar-refractivity contribution in [3.63, 3.8) is 0 Å². The van der Waals surface area contributed by atoms with Gasteiger partial charge in [0, 0.05) is 21.7 Å². The maximum absolute atomic E-state index is 11.8. The van der Waals surface area contributed by atoms with Crippen molar-refractivity contribution in [3.05, 3.63) is 25.6 Å². The number of ether oxygens (including phenoxy) is 1. The molecule has 0 amide bonds. The van der Waals surface area contributed by atoms with Gasteiger partial charge in [-0.05, 0) is 22.6 Å². The van der Waals surface area contributed by atoms with E-state index in [9.17, 15) is 18.0 Å². The zero-order valence-corrected chi connectivity index (χ0v) is 9.35. The van der Waals surface area contributed by atoms with Crippen molar-refractivity contribution in [2.75, 3.05) is 0 Å². The number of nitrogens with one attached hydrogen (secondary N) is 1. The number of H-pyrrole nitrogens is 1. The summed E-state index contributed by atoms with van der Waals surface area (Å²) in [6, 6.07) is 1.07. The molecule has 0 spiro atoms. The van der Waals surface area contributed by atoms with Crippen LogP contribution >= 0.6 is 22.6 Å². The SMILES string of the molecule is NCc1c(I)cc(OC(F)(F)F)[nH]c1=O. The van der Waals surface area contributed by atoms with Gasteiger partial charge in [-0.2, -0.15) is 0 Å². The highest BCUT2D eigenvalue weighted by atomic mass is 127. The first kappa shape index (κ1) is 12.3. The summed E-state index contributed by atoms with van der Waals surface area (Å²) in [7, 11) is 0. The van der Waals surface area contributed by atoms with Gasteiger partial charge in [0.05, 0.1) is 0 Å². The second-order valence-corrected chi connectivity index (χ2v) is 3.70. The highest BCUT2D eigenvalue weighted by molar-refractivity contribution is 14.1. The van der Waals surface area contributed by atoms with Crippen LogP contribution in [0, 0.1) is 3.57 Å². The zero-order chi connectivity index (χ0) is 11.6. The first-order chi connectivity index (χ1) is 6.83. The predicted molar refractivity (Wildman–Crippen MR) is 54.4 cm³/mol. The highest BCUT2D eigenvalue weighted by Crippen LogP contribution is 2.21. The Hall–Kier alpha value is -0.770. The van der Waals surface area contributed by atoms with Crippen molar-refractivity contribution in [1.82, 2.24) is 4.98 Å². The number of nitrogens with two attached hydrogens (primary N) is 1. The van der Waals surface area contributed by atoms with Crippen LogP contribution in [0.15, 0.2) is 10.9 Å². The second-order valence-electron chi connectivity index (χ2n) is 2.54. The summed E-state index contributed by atoms with van der Waals surface area (Å²) < 4.78 is 39.3. The van der Waals surface area contributed by atoms with Gasteiger partial charge >= 0.3 is 6.36 Å². The number of halogens is 4. The molecule has 1 rings (SSSR count). The molecular formula is C7H6F3IN2O2. The number of alkyl halides is 3. The summed E-state index contributed by atoms with van der Waals surface area (Å²) >= 11 is 1.72.